The molecule has 0 saturated carbocycles. The van der Waals surface area contributed by atoms with Crippen molar-refractivity contribution in [3.05, 3.63) is 30.1 Å². The Morgan fingerprint density at radius 2 is 1.89 bits per heavy atom. The summed E-state index contributed by atoms with van der Waals surface area (Å²) in [5, 5.41) is 9.02. The highest BCUT2D eigenvalue weighted by Gasteiger charge is 2.27. The molecule has 0 spiro atoms. The molecule has 0 amide bonds. The normalized spacial score (nSPS) is 20.9. The number of pyridine rings is 1. The lowest BCUT2D eigenvalue weighted by molar-refractivity contribution is -0.143. The summed E-state index contributed by atoms with van der Waals surface area (Å²) in [6, 6.07) is 3.98. The molecule has 0 aromatic carbocycles. The van der Waals surface area contributed by atoms with Crippen LogP contribution in [-0.4, -0.2) is 58.1 Å². The first kappa shape index (κ1) is 14.0. The van der Waals surface area contributed by atoms with E-state index in [0.29, 0.717) is 6.04 Å². The maximum atomic E-state index is 11.0. The van der Waals surface area contributed by atoms with Gasteiger partial charge in [-0.1, -0.05) is 6.07 Å². The van der Waals surface area contributed by atoms with Crippen molar-refractivity contribution in [3.8, 4) is 0 Å². The minimum atomic E-state index is -0.742. The van der Waals surface area contributed by atoms with Crippen LogP contribution in [0.25, 0.3) is 0 Å². The van der Waals surface area contributed by atoms with Gasteiger partial charge in [0.25, 0.3) is 0 Å². The SMILES string of the molecule is CC(C(=O)O)N1CCN(C(C)c2cccnc2)CC1. The summed E-state index contributed by atoms with van der Waals surface area (Å²) in [4.78, 5) is 19.5. The molecule has 19 heavy (non-hydrogen) atoms. The molecule has 1 aromatic heterocycles. The molecular formula is C14H21N3O2. The fourth-order valence-corrected chi connectivity index (χ4v) is 2.50. The third kappa shape index (κ3) is 3.30. The van der Waals surface area contributed by atoms with Crippen LogP contribution in [0.2, 0.25) is 0 Å². The molecule has 1 saturated heterocycles. The van der Waals surface area contributed by atoms with Gasteiger partial charge in [0, 0.05) is 44.6 Å². The molecule has 5 nitrogen and oxygen atoms in total. The first-order valence-electron chi connectivity index (χ1n) is 6.70. The quantitative estimate of drug-likeness (QED) is 0.885. The Morgan fingerprint density at radius 1 is 1.26 bits per heavy atom. The lowest BCUT2D eigenvalue weighted by atomic mass is 10.1. The number of carboxylic acids is 1. The van der Waals surface area contributed by atoms with Crippen molar-refractivity contribution in [2.45, 2.75) is 25.9 Å². The van der Waals surface area contributed by atoms with Gasteiger partial charge < -0.3 is 5.11 Å². The summed E-state index contributed by atoms with van der Waals surface area (Å²) >= 11 is 0. The fraction of sp³-hybridized carbons (Fsp3) is 0.571. The monoisotopic (exact) mass is 263 g/mol. The van der Waals surface area contributed by atoms with E-state index in [1.165, 1.54) is 5.56 Å². The van der Waals surface area contributed by atoms with Crippen LogP contribution in [-0.2, 0) is 4.79 Å². The van der Waals surface area contributed by atoms with Gasteiger partial charge in [-0.3, -0.25) is 19.6 Å². The minimum absolute atomic E-state index is 0.330. The third-order valence-electron chi connectivity index (χ3n) is 3.97. The number of carboxylic acid groups (broad SMARTS) is 1. The van der Waals surface area contributed by atoms with Crippen LogP contribution in [0, 0.1) is 0 Å². The average Bonchev–Trinajstić information content (AvgIpc) is 2.46. The maximum Gasteiger partial charge on any atom is 0.320 e. The van der Waals surface area contributed by atoms with E-state index in [-0.39, 0.29) is 0 Å². The van der Waals surface area contributed by atoms with E-state index in [2.05, 4.69) is 22.9 Å². The van der Waals surface area contributed by atoms with Crippen molar-refractivity contribution < 1.29 is 9.90 Å². The summed E-state index contributed by atoms with van der Waals surface area (Å²) in [6.07, 6.45) is 3.68. The second-order valence-electron chi connectivity index (χ2n) is 5.05. The van der Waals surface area contributed by atoms with Crippen molar-refractivity contribution in [2.75, 3.05) is 26.2 Å². The molecule has 0 radical (unpaired) electrons. The lowest BCUT2D eigenvalue weighted by Crippen LogP contribution is -2.52. The Hall–Kier alpha value is -1.46. The summed E-state index contributed by atoms with van der Waals surface area (Å²) in [7, 11) is 0. The fourth-order valence-electron chi connectivity index (χ4n) is 2.50. The Morgan fingerprint density at radius 3 is 2.42 bits per heavy atom. The second kappa shape index (κ2) is 6.12. The van der Waals surface area contributed by atoms with E-state index in [1.54, 1.807) is 13.1 Å². The van der Waals surface area contributed by atoms with Crippen LogP contribution in [0.1, 0.15) is 25.5 Å². The molecule has 1 aliphatic rings. The molecule has 2 unspecified atom stereocenters. The number of hydrogen-bond acceptors (Lipinski definition) is 4. The molecule has 2 atom stereocenters. The Balaban J connectivity index is 1.91. The number of aliphatic carboxylic acids is 1. The van der Waals surface area contributed by atoms with Gasteiger partial charge in [-0.05, 0) is 25.5 Å². The highest BCUT2D eigenvalue weighted by atomic mass is 16.4. The largest absolute Gasteiger partial charge is 0.480 e. The Labute approximate surface area is 113 Å². The van der Waals surface area contributed by atoms with E-state index in [4.69, 9.17) is 5.11 Å². The topological polar surface area (TPSA) is 56.7 Å². The van der Waals surface area contributed by atoms with Gasteiger partial charge in [-0.2, -0.15) is 0 Å². The van der Waals surface area contributed by atoms with Crippen molar-refractivity contribution in [2.24, 2.45) is 0 Å². The van der Waals surface area contributed by atoms with Gasteiger partial charge in [-0.25, -0.2) is 0 Å². The molecule has 1 fully saturated rings. The van der Waals surface area contributed by atoms with E-state index in [1.807, 2.05) is 17.2 Å². The molecule has 2 rings (SSSR count). The predicted molar refractivity (Wildman–Crippen MR) is 72.9 cm³/mol. The van der Waals surface area contributed by atoms with Crippen LogP contribution >= 0.6 is 0 Å². The zero-order valence-corrected chi connectivity index (χ0v) is 11.5. The first-order valence-corrected chi connectivity index (χ1v) is 6.70. The summed E-state index contributed by atoms with van der Waals surface area (Å²) < 4.78 is 0. The highest BCUT2D eigenvalue weighted by molar-refractivity contribution is 5.72. The zero-order chi connectivity index (χ0) is 13.8. The number of aromatic nitrogens is 1. The van der Waals surface area contributed by atoms with Gasteiger partial charge in [0.05, 0.1) is 0 Å². The van der Waals surface area contributed by atoms with Gasteiger partial charge in [-0.15, -0.1) is 0 Å². The molecule has 1 aliphatic heterocycles. The number of hydrogen-bond donors (Lipinski definition) is 1. The molecule has 1 N–H and O–H groups in total. The average molecular weight is 263 g/mol. The molecule has 5 heteroatoms. The van der Waals surface area contributed by atoms with Gasteiger partial charge in [0.2, 0.25) is 0 Å². The van der Waals surface area contributed by atoms with Gasteiger partial charge in [0.15, 0.2) is 0 Å². The predicted octanol–water partition coefficient (Wildman–Crippen LogP) is 1.23. The van der Waals surface area contributed by atoms with Gasteiger partial charge in [0.1, 0.15) is 6.04 Å². The maximum absolute atomic E-state index is 11.0. The summed E-state index contributed by atoms with van der Waals surface area (Å²) in [6.45, 7) is 7.33. The molecule has 2 heterocycles. The van der Waals surface area contributed by atoms with E-state index < -0.39 is 12.0 Å². The van der Waals surface area contributed by atoms with Crippen LogP contribution in [0.3, 0.4) is 0 Å². The van der Waals surface area contributed by atoms with Crippen LogP contribution in [0.5, 0.6) is 0 Å². The molecule has 104 valence electrons. The lowest BCUT2D eigenvalue weighted by Gasteiger charge is -2.39. The van der Waals surface area contributed by atoms with E-state index in [0.717, 1.165) is 26.2 Å². The molecule has 0 bridgehead atoms. The summed E-state index contributed by atoms with van der Waals surface area (Å²) in [5.41, 5.74) is 1.21. The molecule has 1 aromatic rings. The Kier molecular flexibility index (Phi) is 4.50. The van der Waals surface area contributed by atoms with Crippen molar-refractivity contribution in [1.82, 2.24) is 14.8 Å². The van der Waals surface area contributed by atoms with E-state index in [9.17, 15) is 4.79 Å². The smallest absolute Gasteiger partial charge is 0.320 e. The summed E-state index contributed by atoms with van der Waals surface area (Å²) in [5.74, 6) is -0.742. The third-order valence-corrected chi connectivity index (χ3v) is 3.97. The number of nitrogens with zero attached hydrogens (tertiary/aromatic N) is 3. The number of piperazine rings is 1. The van der Waals surface area contributed by atoms with Crippen molar-refractivity contribution in [1.29, 1.82) is 0 Å². The zero-order valence-electron chi connectivity index (χ0n) is 11.5. The first-order chi connectivity index (χ1) is 9.09. The van der Waals surface area contributed by atoms with Gasteiger partial charge >= 0.3 is 5.97 Å². The minimum Gasteiger partial charge on any atom is -0.480 e. The van der Waals surface area contributed by atoms with Crippen LogP contribution < -0.4 is 0 Å². The van der Waals surface area contributed by atoms with Crippen molar-refractivity contribution in [3.63, 3.8) is 0 Å². The Bertz CT molecular complexity index is 416. The molecular weight excluding hydrogens is 242 g/mol. The van der Waals surface area contributed by atoms with Crippen LogP contribution in [0.4, 0.5) is 0 Å². The standard InChI is InChI=1S/C14H21N3O2/c1-11(13-4-3-5-15-10-13)16-6-8-17(9-7-16)12(2)14(18)19/h3-5,10-12H,6-9H2,1-2H3,(H,18,19). The molecule has 0 aliphatic carbocycles. The van der Waals surface area contributed by atoms with Crippen molar-refractivity contribution >= 4 is 5.97 Å². The highest BCUT2D eigenvalue weighted by Crippen LogP contribution is 2.21. The van der Waals surface area contributed by atoms with E-state index >= 15 is 0 Å². The number of carbonyl (C=O) groups is 1. The second-order valence-corrected chi connectivity index (χ2v) is 5.05. The number of rotatable bonds is 4. The van der Waals surface area contributed by atoms with Crippen LogP contribution in [0.15, 0.2) is 24.5 Å².